The van der Waals surface area contributed by atoms with E-state index in [0.717, 1.165) is 17.7 Å². The molecule has 20 heavy (non-hydrogen) atoms. The van der Waals surface area contributed by atoms with E-state index < -0.39 is 0 Å². The molecule has 0 unspecified atom stereocenters. The largest absolute Gasteiger partial charge is 0.481 e. The summed E-state index contributed by atoms with van der Waals surface area (Å²) < 4.78 is 10.5. The van der Waals surface area contributed by atoms with Crippen molar-refractivity contribution in [1.29, 1.82) is 0 Å². The van der Waals surface area contributed by atoms with Crippen LogP contribution in [0.3, 0.4) is 0 Å². The summed E-state index contributed by atoms with van der Waals surface area (Å²) in [5, 5.41) is 3.34. The van der Waals surface area contributed by atoms with E-state index in [9.17, 15) is 0 Å². The number of aromatic nitrogens is 3. The second kappa shape index (κ2) is 6.81. The normalized spacial score (nSPS) is 10.3. The van der Waals surface area contributed by atoms with Crippen molar-refractivity contribution in [3.8, 4) is 11.8 Å². The smallest absolute Gasteiger partial charge is 0.224 e. The van der Waals surface area contributed by atoms with Gasteiger partial charge in [0.05, 0.1) is 19.8 Å². The van der Waals surface area contributed by atoms with Crippen LogP contribution in [0.25, 0.3) is 0 Å². The van der Waals surface area contributed by atoms with Crippen molar-refractivity contribution in [2.45, 2.75) is 20.0 Å². The van der Waals surface area contributed by atoms with E-state index in [-0.39, 0.29) is 0 Å². The molecule has 0 aromatic carbocycles. The summed E-state index contributed by atoms with van der Waals surface area (Å²) in [6, 6.07) is 2.00. The quantitative estimate of drug-likeness (QED) is 0.860. The first kappa shape index (κ1) is 14.2. The van der Waals surface area contributed by atoms with E-state index >= 15 is 0 Å². The Kier molecular flexibility index (Phi) is 4.84. The lowest BCUT2D eigenvalue weighted by Gasteiger charge is -2.12. The SMILES string of the molecule is COc1ncnc(OC)c1CNCc1ccncc1C. The molecule has 0 amide bonds. The van der Waals surface area contributed by atoms with Crippen LogP contribution < -0.4 is 14.8 Å². The number of rotatable bonds is 6. The molecule has 0 aliphatic rings. The summed E-state index contributed by atoms with van der Waals surface area (Å²) in [5.74, 6) is 1.05. The van der Waals surface area contributed by atoms with Crippen molar-refractivity contribution in [3.05, 3.63) is 41.5 Å². The minimum absolute atomic E-state index is 0.524. The number of ether oxygens (including phenoxy) is 2. The monoisotopic (exact) mass is 274 g/mol. The molecule has 0 bridgehead atoms. The average Bonchev–Trinajstić information content (AvgIpc) is 2.49. The van der Waals surface area contributed by atoms with Gasteiger partial charge in [-0.1, -0.05) is 0 Å². The lowest BCUT2D eigenvalue weighted by atomic mass is 10.1. The predicted octanol–water partition coefficient (Wildman–Crippen LogP) is 1.49. The minimum atomic E-state index is 0.524. The van der Waals surface area contributed by atoms with Gasteiger partial charge in [0.15, 0.2) is 0 Å². The molecule has 6 heteroatoms. The third kappa shape index (κ3) is 3.21. The Morgan fingerprint density at radius 2 is 1.80 bits per heavy atom. The summed E-state index contributed by atoms with van der Waals surface area (Å²) in [5.41, 5.74) is 3.17. The van der Waals surface area contributed by atoms with Gasteiger partial charge in [-0.15, -0.1) is 0 Å². The van der Waals surface area contributed by atoms with Crippen LogP contribution in [-0.4, -0.2) is 29.2 Å². The first-order valence-electron chi connectivity index (χ1n) is 6.28. The molecule has 0 spiro atoms. The molecule has 2 rings (SSSR count). The highest BCUT2D eigenvalue weighted by molar-refractivity contribution is 5.34. The van der Waals surface area contributed by atoms with Gasteiger partial charge in [0.2, 0.25) is 11.8 Å². The van der Waals surface area contributed by atoms with Gasteiger partial charge in [-0.05, 0) is 24.1 Å². The Labute approximate surface area is 118 Å². The van der Waals surface area contributed by atoms with Gasteiger partial charge in [0, 0.05) is 25.5 Å². The van der Waals surface area contributed by atoms with Crippen LogP contribution in [0.2, 0.25) is 0 Å². The van der Waals surface area contributed by atoms with Gasteiger partial charge >= 0.3 is 0 Å². The third-order valence-corrected chi connectivity index (χ3v) is 3.01. The zero-order valence-electron chi connectivity index (χ0n) is 11.9. The van der Waals surface area contributed by atoms with Crippen LogP contribution in [0.4, 0.5) is 0 Å². The predicted molar refractivity (Wildman–Crippen MR) is 74.7 cm³/mol. The molecule has 1 N–H and O–H groups in total. The molecule has 2 aromatic rings. The number of hydrogen-bond acceptors (Lipinski definition) is 6. The first-order chi connectivity index (χ1) is 9.76. The molecular formula is C14H18N4O2. The fraction of sp³-hybridized carbons (Fsp3) is 0.357. The maximum atomic E-state index is 5.23. The van der Waals surface area contributed by atoms with Crippen LogP contribution in [0, 0.1) is 6.92 Å². The highest BCUT2D eigenvalue weighted by Gasteiger charge is 2.12. The first-order valence-corrected chi connectivity index (χ1v) is 6.28. The molecule has 6 nitrogen and oxygen atoms in total. The van der Waals surface area contributed by atoms with Crippen LogP contribution in [0.1, 0.15) is 16.7 Å². The molecule has 0 aliphatic heterocycles. The van der Waals surface area contributed by atoms with Gasteiger partial charge in [-0.3, -0.25) is 4.98 Å². The molecule has 0 aliphatic carbocycles. The molecule has 2 aromatic heterocycles. The fourth-order valence-electron chi connectivity index (χ4n) is 1.91. The standard InChI is InChI=1S/C14H18N4O2/c1-10-6-15-5-4-11(10)7-16-8-12-13(19-2)17-9-18-14(12)20-3/h4-6,9,16H,7-8H2,1-3H3. The van der Waals surface area contributed by atoms with Gasteiger partial charge in [0.1, 0.15) is 6.33 Å². The van der Waals surface area contributed by atoms with E-state index in [1.165, 1.54) is 11.9 Å². The summed E-state index contributed by atoms with van der Waals surface area (Å²) in [4.78, 5) is 12.2. The Hall–Kier alpha value is -2.21. The summed E-state index contributed by atoms with van der Waals surface area (Å²) in [6.07, 6.45) is 5.06. The molecule has 106 valence electrons. The maximum absolute atomic E-state index is 5.23. The summed E-state index contributed by atoms with van der Waals surface area (Å²) in [7, 11) is 3.16. The van der Waals surface area contributed by atoms with Crippen LogP contribution in [-0.2, 0) is 13.1 Å². The van der Waals surface area contributed by atoms with Crippen LogP contribution in [0.5, 0.6) is 11.8 Å². The van der Waals surface area contributed by atoms with Gasteiger partial charge < -0.3 is 14.8 Å². The van der Waals surface area contributed by atoms with Crippen LogP contribution in [0.15, 0.2) is 24.8 Å². The number of aryl methyl sites for hydroxylation is 1. The Morgan fingerprint density at radius 3 is 2.40 bits per heavy atom. The maximum Gasteiger partial charge on any atom is 0.224 e. The third-order valence-electron chi connectivity index (χ3n) is 3.01. The Balaban J connectivity index is 2.06. The molecule has 0 radical (unpaired) electrons. The number of pyridine rings is 1. The van der Waals surface area contributed by atoms with Crippen molar-refractivity contribution in [2.24, 2.45) is 0 Å². The highest BCUT2D eigenvalue weighted by Crippen LogP contribution is 2.23. The number of methoxy groups -OCH3 is 2. The van der Waals surface area contributed by atoms with E-state index in [1.807, 2.05) is 19.2 Å². The molecule has 0 saturated heterocycles. The molecule has 0 atom stereocenters. The van der Waals surface area contributed by atoms with Crippen molar-refractivity contribution >= 4 is 0 Å². The molecule has 2 heterocycles. The number of hydrogen-bond donors (Lipinski definition) is 1. The zero-order valence-corrected chi connectivity index (χ0v) is 11.9. The van der Waals surface area contributed by atoms with Crippen molar-refractivity contribution < 1.29 is 9.47 Å². The van der Waals surface area contributed by atoms with Gasteiger partial charge in [-0.25, -0.2) is 9.97 Å². The molecular weight excluding hydrogens is 256 g/mol. The molecule has 0 saturated carbocycles. The second-order valence-corrected chi connectivity index (χ2v) is 4.28. The lowest BCUT2D eigenvalue weighted by Crippen LogP contribution is -2.16. The molecule has 0 fully saturated rings. The van der Waals surface area contributed by atoms with E-state index in [1.54, 1.807) is 20.4 Å². The second-order valence-electron chi connectivity index (χ2n) is 4.28. The summed E-state index contributed by atoms with van der Waals surface area (Å²) >= 11 is 0. The number of nitrogens with zero attached hydrogens (tertiary/aromatic N) is 3. The van der Waals surface area contributed by atoms with E-state index in [2.05, 4.69) is 20.3 Å². The van der Waals surface area contributed by atoms with E-state index in [0.29, 0.717) is 18.3 Å². The number of nitrogens with one attached hydrogen (secondary N) is 1. The Morgan fingerprint density at radius 1 is 1.10 bits per heavy atom. The van der Waals surface area contributed by atoms with Gasteiger partial charge in [0.25, 0.3) is 0 Å². The van der Waals surface area contributed by atoms with Crippen molar-refractivity contribution in [1.82, 2.24) is 20.3 Å². The van der Waals surface area contributed by atoms with Crippen molar-refractivity contribution in [3.63, 3.8) is 0 Å². The fourth-order valence-corrected chi connectivity index (χ4v) is 1.91. The highest BCUT2D eigenvalue weighted by atomic mass is 16.5. The van der Waals surface area contributed by atoms with Crippen LogP contribution >= 0.6 is 0 Å². The minimum Gasteiger partial charge on any atom is -0.481 e. The average molecular weight is 274 g/mol. The lowest BCUT2D eigenvalue weighted by molar-refractivity contribution is 0.359. The zero-order chi connectivity index (χ0) is 14.4. The topological polar surface area (TPSA) is 69.2 Å². The summed E-state index contributed by atoms with van der Waals surface area (Å²) in [6.45, 7) is 3.33. The Bertz CT molecular complexity index is 553. The van der Waals surface area contributed by atoms with Gasteiger partial charge in [-0.2, -0.15) is 0 Å². The van der Waals surface area contributed by atoms with E-state index in [4.69, 9.17) is 9.47 Å². The van der Waals surface area contributed by atoms with Crippen molar-refractivity contribution in [2.75, 3.05) is 14.2 Å².